The van der Waals surface area contributed by atoms with E-state index < -0.39 is 0 Å². The zero-order valence-corrected chi connectivity index (χ0v) is 30.1. The van der Waals surface area contributed by atoms with Gasteiger partial charge in [0.2, 0.25) is 0 Å². The molecule has 7 rings (SSSR count). The van der Waals surface area contributed by atoms with Crippen LogP contribution < -0.4 is 4.74 Å². The van der Waals surface area contributed by atoms with E-state index in [1.807, 2.05) is 23.1 Å². The van der Waals surface area contributed by atoms with E-state index in [0.29, 0.717) is 23.3 Å². The maximum absolute atomic E-state index is 6.55. The van der Waals surface area contributed by atoms with Crippen LogP contribution in [0.5, 0.6) is 11.5 Å². The number of benzene rings is 4. The predicted octanol–water partition coefficient (Wildman–Crippen LogP) is 10.6. The Morgan fingerprint density at radius 2 is 1.49 bits per heavy atom. The van der Waals surface area contributed by atoms with Crippen LogP contribution in [0.15, 0.2) is 91.4 Å². The van der Waals surface area contributed by atoms with Gasteiger partial charge < -0.3 is 9.30 Å². The van der Waals surface area contributed by atoms with Crippen LogP contribution in [0, 0.1) is 32.9 Å². The fourth-order valence-corrected chi connectivity index (χ4v) is 6.49. The van der Waals surface area contributed by atoms with E-state index in [9.17, 15) is 0 Å². The van der Waals surface area contributed by atoms with E-state index in [4.69, 9.17) is 14.8 Å². The van der Waals surface area contributed by atoms with Gasteiger partial charge in [-0.1, -0.05) is 69.1 Å². The Kier molecular flexibility index (Phi) is 8.96. The average Bonchev–Trinajstić information content (AvgIpc) is 3.63. The van der Waals surface area contributed by atoms with Crippen LogP contribution in [0.1, 0.15) is 67.3 Å². The first-order valence-corrected chi connectivity index (χ1v) is 16.0. The number of para-hydroxylation sites is 1. The molecule has 0 unspecified atom stereocenters. The van der Waals surface area contributed by atoms with Crippen LogP contribution >= 0.6 is 0 Å². The second kappa shape index (κ2) is 13.0. The number of aryl methyl sites for hydroxylation is 3. The molecule has 7 aromatic rings. The van der Waals surface area contributed by atoms with Crippen molar-refractivity contribution in [1.29, 1.82) is 0 Å². The summed E-state index contributed by atoms with van der Waals surface area (Å²) in [4.78, 5) is 4.78. The van der Waals surface area contributed by atoms with Gasteiger partial charge in [0, 0.05) is 35.0 Å². The Hall–Kier alpha value is -4.47. The normalized spacial score (nSPS) is 11.5. The number of hydrogen-bond donors (Lipinski definition) is 0. The molecule has 6 heteroatoms. The zero-order valence-electron chi connectivity index (χ0n) is 27.8. The molecule has 0 aliphatic heterocycles. The van der Waals surface area contributed by atoms with Gasteiger partial charge in [0.1, 0.15) is 5.82 Å². The van der Waals surface area contributed by atoms with Gasteiger partial charge >= 0.3 is 21.1 Å². The molecule has 0 saturated carbocycles. The number of hydrogen-bond acceptors (Lipinski definition) is 3. The van der Waals surface area contributed by atoms with Crippen molar-refractivity contribution in [3.8, 4) is 34.1 Å². The Balaban J connectivity index is 0.00000386. The van der Waals surface area contributed by atoms with Gasteiger partial charge in [-0.2, -0.15) is 11.2 Å². The molecule has 5 nitrogen and oxygen atoms in total. The van der Waals surface area contributed by atoms with Crippen LogP contribution in [-0.4, -0.2) is 19.3 Å². The van der Waals surface area contributed by atoms with Crippen LogP contribution in [0.3, 0.4) is 0 Å². The smallest absolute Gasteiger partial charge is 0.509 e. The standard InChI is InChI=1S/C41H38N4O.Pt/c1-25(2)30-14-15-42-40(20-30)45-38-11-9-8-10-36(38)37-13-12-34(22-39(37)45)46-35-19-31(26(3)4)18-33(21-35)44-24-32(23-43-44)41-28(6)16-27(5)17-29(41)7;/h8-20,23-26H,1-7H3;/q-2;+2. The monoisotopic (exact) mass is 797 g/mol. The third-order valence-electron chi connectivity index (χ3n) is 8.76. The second-order valence-electron chi connectivity index (χ2n) is 12.9. The van der Waals surface area contributed by atoms with Crippen molar-refractivity contribution in [2.24, 2.45) is 0 Å². The zero-order chi connectivity index (χ0) is 32.1. The van der Waals surface area contributed by atoms with Crippen molar-refractivity contribution < 1.29 is 25.8 Å². The molecule has 238 valence electrons. The molecule has 3 aromatic heterocycles. The van der Waals surface area contributed by atoms with Gasteiger partial charge in [0.25, 0.3) is 0 Å². The molecule has 0 radical (unpaired) electrons. The van der Waals surface area contributed by atoms with E-state index >= 15 is 0 Å². The van der Waals surface area contributed by atoms with Crippen molar-refractivity contribution in [1.82, 2.24) is 19.3 Å². The number of aromatic nitrogens is 4. The minimum atomic E-state index is 0. The molecule has 0 aliphatic carbocycles. The first kappa shape index (κ1) is 32.5. The molecule has 4 aromatic carbocycles. The van der Waals surface area contributed by atoms with Gasteiger partial charge in [0.05, 0.1) is 6.20 Å². The molecule has 0 bridgehead atoms. The first-order valence-electron chi connectivity index (χ1n) is 16.0. The minimum Gasteiger partial charge on any atom is -0.509 e. The van der Waals surface area contributed by atoms with E-state index in [1.54, 1.807) is 0 Å². The fraction of sp³-hybridized carbons (Fsp3) is 0.220. The minimum absolute atomic E-state index is 0. The summed E-state index contributed by atoms with van der Waals surface area (Å²) in [7, 11) is 0. The third-order valence-corrected chi connectivity index (χ3v) is 8.76. The molecular weight excluding hydrogens is 760 g/mol. The van der Waals surface area contributed by atoms with Crippen molar-refractivity contribution in [2.45, 2.75) is 60.3 Å². The number of ether oxygens (including phenoxy) is 1. The van der Waals surface area contributed by atoms with E-state index in [1.165, 1.54) is 27.8 Å². The summed E-state index contributed by atoms with van der Waals surface area (Å²) in [5.41, 5.74) is 11.3. The molecule has 0 fully saturated rings. The van der Waals surface area contributed by atoms with Crippen LogP contribution in [-0.2, 0) is 21.1 Å². The summed E-state index contributed by atoms with van der Waals surface area (Å²) < 4.78 is 10.6. The van der Waals surface area contributed by atoms with Crippen molar-refractivity contribution in [3.05, 3.63) is 131 Å². The largest absolute Gasteiger partial charge is 2.00 e. The number of fused-ring (bicyclic) bond motifs is 3. The summed E-state index contributed by atoms with van der Waals surface area (Å²) in [6.07, 6.45) is 5.91. The Labute approximate surface area is 291 Å². The Morgan fingerprint density at radius 1 is 0.745 bits per heavy atom. The van der Waals surface area contributed by atoms with Crippen LogP contribution in [0.25, 0.3) is 44.4 Å². The summed E-state index contributed by atoms with van der Waals surface area (Å²) >= 11 is 0. The number of pyridine rings is 1. The molecule has 0 amide bonds. The van der Waals surface area contributed by atoms with Crippen molar-refractivity contribution in [2.75, 3.05) is 0 Å². The van der Waals surface area contributed by atoms with Gasteiger partial charge in [-0.3, -0.25) is 4.68 Å². The fourth-order valence-electron chi connectivity index (χ4n) is 6.49. The molecule has 47 heavy (non-hydrogen) atoms. The topological polar surface area (TPSA) is 44.9 Å². The van der Waals surface area contributed by atoms with Crippen LogP contribution in [0.2, 0.25) is 0 Å². The first-order chi connectivity index (χ1) is 22.2. The SMILES string of the molecule is Cc1cc(C)c(-c2cnn(-c3[c-]c(Oc4[c-]c5c(cc4)c4ccccc4n5-c4cc(C(C)C)ccn4)cc(C(C)C)c3)c2)c(C)c1.[Pt+2]. The Bertz CT molecular complexity index is 2220. The maximum Gasteiger partial charge on any atom is 2.00 e. The summed E-state index contributed by atoms with van der Waals surface area (Å²) in [5, 5.41) is 7.01. The second-order valence-corrected chi connectivity index (χ2v) is 12.9. The quantitative estimate of drug-likeness (QED) is 0.151. The van der Waals surface area contributed by atoms with E-state index in [-0.39, 0.29) is 21.1 Å². The van der Waals surface area contributed by atoms with Gasteiger partial charge in [-0.15, -0.1) is 41.3 Å². The molecule has 3 heterocycles. The Morgan fingerprint density at radius 3 is 2.23 bits per heavy atom. The maximum atomic E-state index is 6.55. The van der Waals surface area contributed by atoms with E-state index in [2.05, 4.69) is 138 Å². The molecule has 0 saturated heterocycles. The molecule has 0 atom stereocenters. The van der Waals surface area contributed by atoms with Gasteiger partial charge in [-0.25, -0.2) is 4.98 Å². The summed E-state index contributed by atoms with van der Waals surface area (Å²) in [6, 6.07) is 32.5. The summed E-state index contributed by atoms with van der Waals surface area (Å²) in [5.74, 6) is 2.80. The van der Waals surface area contributed by atoms with Gasteiger partial charge in [0.15, 0.2) is 0 Å². The van der Waals surface area contributed by atoms with E-state index in [0.717, 1.165) is 44.4 Å². The van der Waals surface area contributed by atoms with Crippen LogP contribution in [0.4, 0.5) is 0 Å². The molecule has 0 aliphatic rings. The number of nitrogens with zero attached hydrogens (tertiary/aromatic N) is 4. The molecule has 0 N–H and O–H groups in total. The average molecular weight is 798 g/mol. The third kappa shape index (κ3) is 6.17. The van der Waals surface area contributed by atoms with Crippen molar-refractivity contribution >= 4 is 21.8 Å². The predicted molar refractivity (Wildman–Crippen MR) is 188 cm³/mol. The molecular formula is C41H38N4OPt. The van der Waals surface area contributed by atoms with Crippen molar-refractivity contribution in [3.63, 3.8) is 0 Å². The number of rotatable bonds is 7. The van der Waals surface area contributed by atoms with Gasteiger partial charge in [-0.05, 0) is 84.1 Å². The molecule has 0 spiro atoms. The summed E-state index contributed by atoms with van der Waals surface area (Å²) in [6.45, 7) is 15.2.